The zero-order valence-electron chi connectivity index (χ0n) is 13.8. The van der Waals surface area contributed by atoms with Gasteiger partial charge in [0.1, 0.15) is 0 Å². The molecule has 0 aromatic rings. The van der Waals surface area contributed by atoms with Crippen LogP contribution in [0.4, 0.5) is 0 Å². The third-order valence-corrected chi connectivity index (χ3v) is 17.8. The van der Waals surface area contributed by atoms with Crippen LogP contribution in [0.5, 0.6) is 0 Å². The van der Waals surface area contributed by atoms with E-state index in [1.807, 2.05) is 18.3 Å². The SMILES string of the molecule is C1=CC[C]([Zr+2]2([C]3=CC=CC3)[CH2][CH2]2)=C1.CC1=CC2C=CC=C2S1.[Cl-].[Cl-]. The average molecular weight is 457 g/mol. The molecule has 0 amide bonds. The summed E-state index contributed by atoms with van der Waals surface area (Å²) in [6, 6.07) is 0. The number of hydrogen-bond acceptors (Lipinski definition) is 1. The first-order valence-electron chi connectivity index (χ1n) is 8.25. The zero-order valence-corrected chi connectivity index (χ0v) is 18.6. The van der Waals surface area contributed by atoms with Gasteiger partial charge in [0.2, 0.25) is 0 Å². The first-order chi connectivity index (χ1) is 10.8. The smallest absolute Gasteiger partial charge is 0.0275 e. The molecule has 2 aliphatic heterocycles. The molecular formula is C20H22Cl2SZr. The number of halogens is 2. The van der Waals surface area contributed by atoms with Crippen LogP contribution in [0.15, 0.2) is 77.1 Å². The van der Waals surface area contributed by atoms with Crippen LogP contribution >= 0.6 is 11.8 Å². The molecule has 0 saturated carbocycles. The van der Waals surface area contributed by atoms with Crippen LogP contribution in [0.25, 0.3) is 0 Å². The fraction of sp³-hybridized carbons (Fsp3) is 0.300. The second-order valence-electron chi connectivity index (χ2n) is 6.59. The number of hydrogen-bond donors (Lipinski definition) is 0. The molecule has 0 bridgehead atoms. The number of allylic oxidation sites excluding steroid dienone is 14. The topological polar surface area (TPSA) is 0 Å². The molecular weight excluding hydrogens is 434 g/mol. The number of rotatable bonds is 2. The molecule has 1 fully saturated rings. The van der Waals surface area contributed by atoms with Gasteiger partial charge >= 0.3 is 84.4 Å². The second kappa shape index (κ2) is 8.58. The Hall–Kier alpha value is -0.00688. The van der Waals surface area contributed by atoms with Crippen molar-refractivity contribution in [3.8, 4) is 0 Å². The summed E-state index contributed by atoms with van der Waals surface area (Å²) in [5, 5.41) is 0. The fourth-order valence-corrected chi connectivity index (χ4v) is 17.7. The van der Waals surface area contributed by atoms with Crippen molar-refractivity contribution in [3.05, 3.63) is 77.1 Å². The summed E-state index contributed by atoms with van der Waals surface area (Å²) in [7, 11) is 0. The molecule has 3 aliphatic carbocycles. The molecule has 1 saturated heterocycles. The van der Waals surface area contributed by atoms with Crippen molar-refractivity contribution >= 4 is 11.8 Å². The van der Waals surface area contributed by atoms with E-state index in [4.69, 9.17) is 0 Å². The molecule has 0 aromatic heterocycles. The van der Waals surface area contributed by atoms with Crippen molar-refractivity contribution in [1.29, 1.82) is 0 Å². The number of fused-ring (bicyclic) bond motifs is 1. The summed E-state index contributed by atoms with van der Waals surface area (Å²) in [6.07, 6.45) is 25.5. The second-order valence-corrected chi connectivity index (χ2v) is 18.8. The zero-order chi connectivity index (χ0) is 15.0. The predicted molar refractivity (Wildman–Crippen MR) is 95.4 cm³/mol. The maximum Gasteiger partial charge on any atom is 0.0275 e. The third kappa shape index (κ3) is 4.04. The van der Waals surface area contributed by atoms with Crippen LogP contribution in [0.3, 0.4) is 0 Å². The van der Waals surface area contributed by atoms with Gasteiger partial charge in [-0.2, -0.15) is 0 Å². The summed E-state index contributed by atoms with van der Waals surface area (Å²) in [5.74, 6) is 0.634. The van der Waals surface area contributed by atoms with Crippen LogP contribution in [0.1, 0.15) is 19.8 Å². The summed E-state index contributed by atoms with van der Waals surface area (Å²) >= 11 is 0.139. The Morgan fingerprint density at radius 3 is 2.00 bits per heavy atom. The Kier molecular flexibility index (Phi) is 7.26. The maximum atomic E-state index is 2.42. The van der Waals surface area contributed by atoms with E-state index in [1.165, 1.54) is 22.7 Å². The molecule has 0 aromatic carbocycles. The molecule has 4 heteroatoms. The minimum atomic E-state index is -1.76. The normalized spacial score (nSPS) is 25.0. The third-order valence-electron chi connectivity index (χ3n) is 5.12. The Bertz CT molecular complexity index is 671. The van der Waals surface area contributed by atoms with Crippen molar-refractivity contribution in [3.63, 3.8) is 0 Å². The summed E-state index contributed by atoms with van der Waals surface area (Å²) < 4.78 is 6.92. The van der Waals surface area contributed by atoms with E-state index in [0.717, 1.165) is 0 Å². The van der Waals surface area contributed by atoms with Gasteiger partial charge < -0.3 is 24.8 Å². The van der Waals surface area contributed by atoms with Gasteiger partial charge in [-0.05, 0) is 11.8 Å². The number of thioether (sulfide) groups is 1. The van der Waals surface area contributed by atoms with E-state index in [0.29, 0.717) is 5.92 Å². The van der Waals surface area contributed by atoms with Crippen LogP contribution in [-0.4, -0.2) is 0 Å². The summed E-state index contributed by atoms with van der Waals surface area (Å²) in [4.78, 5) is 2.93. The van der Waals surface area contributed by atoms with E-state index in [9.17, 15) is 0 Å². The minimum Gasteiger partial charge on any atom is -1.00 e. The maximum absolute atomic E-state index is 2.42. The average Bonchev–Trinajstić information content (AvgIpc) is 3.05. The van der Waals surface area contributed by atoms with Gasteiger partial charge in [-0.1, -0.05) is 36.1 Å². The molecule has 24 heavy (non-hydrogen) atoms. The molecule has 0 spiro atoms. The van der Waals surface area contributed by atoms with Crippen molar-refractivity contribution in [2.45, 2.75) is 28.0 Å². The van der Waals surface area contributed by atoms with Crippen LogP contribution in [-0.2, 0) is 20.3 Å². The first-order valence-corrected chi connectivity index (χ1v) is 15.0. The molecule has 126 valence electrons. The van der Waals surface area contributed by atoms with Crippen molar-refractivity contribution in [1.82, 2.24) is 0 Å². The predicted octanol–water partition coefficient (Wildman–Crippen LogP) is 0.393. The Labute approximate surface area is 166 Å². The van der Waals surface area contributed by atoms with Gasteiger partial charge in [-0.25, -0.2) is 0 Å². The summed E-state index contributed by atoms with van der Waals surface area (Å²) in [5.41, 5.74) is 0. The molecule has 5 aliphatic rings. The van der Waals surface area contributed by atoms with E-state index in [-0.39, 0.29) is 24.8 Å². The Morgan fingerprint density at radius 2 is 1.54 bits per heavy atom. The van der Waals surface area contributed by atoms with Crippen molar-refractivity contribution in [2.24, 2.45) is 5.92 Å². The van der Waals surface area contributed by atoms with Crippen LogP contribution in [0, 0.1) is 5.92 Å². The molecule has 0 radical (unpaired) electrons. The van der Waals surface area contributed by atoms with E-state index >= 15 is 0 Å². The van der Waals surface area contributed by atoms with Gasteiger partial charge in [0.25, 0.3) is 0 Å². The summed E-state index contributed by atoms with van der Waals surface area (Å²) in [6.45, 7) is 2.16. The van der Waals surface area contributed by atoms with Crippen LogP contribution < -0.4 is 24.8 Å². The van der Waals surface area contributed by atoms with E-state index in [2.05, 4.69) is 67.7 Å². The first kappa shape index (κ1) is 20.3. The van der Waals surface area contributed by atoms with Gasteiger partial charge in [-0.3, -0.25) is 0 Å². The Balaban J connectivity index is 0.000000169. The van der Waals surface area contributed by atoms with Gasteiger partial charge in [-0.15, -0.1) is 0 Å². The van der Waals surface area contributed by atoms with Gasteiger partial charge in [0.15, 0.2) is 0 Å². The minimum absolute atomic E-state index is 0. The molecule has 0 nitrogen and oxygen atoms in total. The van der Waals surface area contributed by atoms with Gasteiger partial charge in [0.05, 0.1) is 0 Å². The molecule has 5 rings (SSSR count). The van der Waals surface area contributed by atoms with E-state index < -0.39 is 20.3 Å². The van der Waals surface area contributed by atoms with Crippen molar-refractivity contribution in [2.75, 3.05) is 0 Å². The molecule has 2 heterocycles. The van der Waals surface area contributed by atoms with Crippen LogP contribution in [0.2, 0.25) is 8.26 Å². The van der Waals surface area contributed by atoms with Crippen molar-refractivity contribution < 1.29 is 45.1 Å². The Morgan fingerprint density at radius 1 is 0.917 bits per heavy atom. The monoisotopic (exact) mass is 454 g/mol. The molecule has 0 N–H and O–H groups in total. The van der Waals surface area contributed by atoms with Gasteiger partial charge in [0, 0.05) is 10.8 Å². The molecule has 1 atom stereocenters. The molecule has 1 unspecified atom stereocenters. The fourth-order valence-electron chi connectivity index (χ4n) is 3.77. The quantitative estimate of drug-likeness (QED) is 0.580. The van der Waals surface area contributed by atoms with E-state index in [1.54, 1.807) is 8.26 Å². The largest absolute Gasteiger partial charge is 1.00 e. The standard InChI is InChI=1S/C8H8S.2C5H5.C2H4.2ClH.Zr/c1-6-5-7-3-2-4-8(7)9-6;2*1-2-4-5-3-1;1-2;;;/h2-5,7H,1H3;2*1-3H,4H2;1-2H2;2*1H;/q;;;;;;+2/p-2.